The van der Waals surface area contributed by atoms with Crippen LogP contribution in [0.2, 0.25) is 5.02 Å². The number of carbonyl (C=O) groups is 1. The summed E-state index contributed by atoms with van der Waals surface area (Å²) >= 11 is 6.25. The molecule has 1 aliphatic heterocycles. The lowest BCUT2D eigenvalue weighted by molar-refractivity contribution is -0.206. The predicted molar refractivity (Wildman–Crippen MR) is 159 cm³/mol. The van der Waals surface area contributed by atoms with E-state index in [2.05, 4.69) is 31.2 Å². The SMILES string of the molecule is CCCCC/C=C\C/C=C\CCCCCCCC(=O)n1cc(C(O)(O)C2CCCN2C)c2cc(Cl)ccc21. The summed E-state index contributed by atoms with van der Waals surface area (Å²) in [5.74, 6) is -2.08. The Labute approximate surface area is 234 Å². The first kappa shape index (κ1) is 30.6. The number of hydrogen-bond acceptors (Lipinski definition) is 4. The quantitative estimate of drug-likeness (QED) is 0.128. The van der Waals surface area contributed by atoms with E-state index in [9.17, 15) is 15.0 Å². The molecule has 1 atom stereocenters. The molecule has 0 bridgehead atoms. The number of carbonyl (C=O) groups excluding carboxylic acids is 1. The van der Waals surface area contributed by atoms with E-state index in [0.717, 1.165) is 45.1 Å². The van der Waals surface area contributed by atoms with Crippen molar-refractivity contribution in [3.05, 3.63) is 59.3 Å². The summed E-state index contributed by atoms with van der Waals surface area (Å²) in [5, 5.41) is 23.5. The minimum atomic E-state index is -2.06. The monoisotopic (exact) mass is 542 g/mol. The number of aliphatic hydroxyl groups is 2. The molecule has 6 heteroatoms. The summed E-state index contributed by atoms with van der Waals surface area (Å²) < 4.78 is 1.58. The molecule has 0 saturated carbocycles. The molecule has 1 fully saturated rings. The van der Waals surface area contributed by atoms with Crippen molar-refractivity contribution in [2.24, 2.45) is 0 Å². The smallest absolute Gasteiger partial charge is 0.231 e. The van der Waals surface area contributed by atoms with E-state index in [1.165, 1.54) is 38.5 Å². The Bertz CT molecular complexity index is 1070. The lowest BCUT2D eigenvalue weighted by Gasteiger charge is -2.32. The van der Waals surface area contributed by atoms with Crippen LogP contribution >= 0.6 is 11.6 Å². The minimum absolute atomic E-state index is 0.0233. The Morgan fingerprint density at radius 2 is 1.71 bits per heavy atom. The van der Waals surface area contributed by atoms with Crippen LogP contribution in [0.3, 0.4) is 0 Å². The number of allylic oxidation sites excluding steroid dienone is 4. The number of likely N-dealkylation sites (tertiary alicyclic amines) is 1. The highest BCUT2D eigenvalue weighted by molar-refractivity contribution is 6.31. The summed E-state index contributed by atoms with van der Waals surface area (Å²) in [5.41, 5.74) is 1.02. The molecule has 38 heavy (non-hydrogen) atoms. The number of hydrogen-bond donors (Lipinski definition) is 2. The van der Waals surface area contributed by atoms with Crippen LogP contribution < -0.4 is 0 Å². The molecule has 1 unspecified atom stereocenters. The van der Waals surface area contributed by atoms with Crippen molar-refractivity contribution in [1.82, 2.24) is 9.47 Å². The van der Waals surface area contributed by atoms with Crippen LogP contribution in [0.4, 0.5) is 0 Å². The first-order chi connectivity index (χ1) is 18.4. The largest absolute Gasteiger partial charge is 0.361 e. The molecular formula is C32H47ClN2O3. The number of aromatic nitrogens is 1. The summed E-state index contributed by atoms with van der Waals surface area (Å²) in [4.78, 5) is 15.1. The van der Waals surface area contributed by atoms with Crippen LogP contribution in [0.5, 0.6) is 0 Å². The molecule has 210 valence electrons. The van der Waals surface area contributed by atoms with Gasteiger partial charge in [-0.05, 0) is 83.2 Å². The average Bonchev–Trinajstić information content (AvgIpc) is 3.50. The number of rotatable bonds is 16. The topological polar surface area (TPSA) is 65.7 Å². The van der Waals surface area contributed by atoms with Crippen LogP contribution in [0.25, 0.3) is 10.9 Å². The van der Waals surface area contributed by atoms with E-state index in [0.29, 0.717) is 34.3 Å². The summed E-state index contributed by atoms with van der Waals surface area (Å²) in [6.07, 6.45) is 25.3. The van der Waals surface area contributed by atoms with Gasteiger partial charge in [0.25, 0.3) is 0 Å². The second-order valence-corrected chi connectivity index (χ2v) is 11.2. The van der Waals surface area contributed by atoms with E-state index in [1.807, 2.05) is 11.9 Å². The van der Waals surface area contributed by atoms with Crippen molar-refractivity contribution in [3.63, 3.8) is 0 Å². The van der Waals surface area contributed by atoms with Gasteiger partial charge in [0, 0.05) is 28.6 Å². The number of halogens is 1. The van der Waals surface area contributed by atoms with Gasteiger partial charge in [-0.25, -0.2) is 0 Å². The maximum atomic E-state index is 13.1. The van der Waals surface area contributed by atoms with Crippen molar-refractivity contribution in [2.75, 3.05) is 13.6 Å². The Morgan fingerprint density at radius 3 is 2.39 bits per heavy atom. The van der Waals surface area contributed by atoms with Crippen LogP contribution in [0.1, 0.15) is 107 Å². The first-order valence-corrected chi connectivity index (χ1v) is 15.0. The number of likely N-dealkylation sites (N-methyl/N-ethyl adjacent to an activating group) is 1. The van der Waals surface area contributed by atoms with Gasteiger partial charge < -0.3 is 10.2 Å². The van der Waals surface area contributed by atoms with E-state index >= 15 is 0 Å². The molecule has 0 aliphatic carbocycles. The molecule has 2 N–H and O–H groups in total. The molecule has 1 aromatic carbocycles. The molecular weight excluding hydrogens is 496 g/mol. The van der Waals surface area contributed by atoms with Gasteiger partial charge in [-0.1, -0.05) is 74.9 Å². The van der Waals surface area contributed by atoms with Gasteiger partial charge in [0.15, 0.2) is 0 Å². The first-order valence-electron chi connectivity index (χ1n) is 14.7. The van der Waals surface area contributed by atoms with E-state index < -0.39 is 11.8 Å². The minimum Gasteiger partial charge on any atom is -0.361 e. The predicted octanol–water partition coefficient (Wildman–Crippen LogP) is 7.98. The van der Waals surface area contributed by atoms with Crippen molar-refractivity contribution in [1.29, 1.82) is 0 Å². The second kappa shape index (κ2) is 15.6. The van der Waals surface area contributed by atoms with Gasteiger partial charge in [0.05, 0.1) is 11.6 Å². The zero-order chi connectivity index (χ0) is 27.4. The summed E-state index contributed by atoms with van der Waals surface area (Å²) in [7, 11) is 1.90. The standard InChI is InChI=1S/C32H47ClN2O3/c1-3-4-5-6-7-8-9-10-11-12-13-14-15-16-17-20-31(36)35-25-28(27-24-26(33)21-22-29(27)35)32(37,38)30-19-18-23-34(30)2/h7-8,10-11,21-22,24-25,30,37-38H,3-6,9,12-20,23H2,1-2H3/b8-7-,11-10-. The Hall–Kier alpha value is -1.92. The van der Waals surface area contributed by atoms with Gasteiger partial charge >= 0.3 is 0 Å². The Morgan fingerprint density at radius 1 is 1.03 bits per heavy atom. The van der Waals surface area contributed by atoms with Crippen LogP contribution in [0, 0.1) is 0 Å². The fourth-order valence-electron chi connectivity index (χ4n) is 5.51. The molecule has 1 aliphatic rings. The molecule has 1 saturated heterocycles. The van der Waals surface area contributed by atoms with Crippen LogP contribution in [-0.2, 0) is 5.79 Å². The third-order valence-corrected chi connectivity index (χ3v) is 7.99. The van der Waals surface area contributed by atoms with Crippen molar-refractivity contribution in [2.45, 2.75) is 109 Å². The normalized spacial score (nSPS) is 17.0. The molecule has 5 nitrogen and oxygen atoms in total. The van der Waals surface area contributed by atoms with E-state index in [-0.39, 0.29) is 5.91 Å². The maximum Gasteiger partial charge on any atom is 0.231 e. The molecule has 0 radical (unpaired) electrons. The zero-order valence-electron chi connectivity index (χ0n) is 23.4. The number of fused-ring (bicyclic) bond motifs is 1. The highest BCUT2D eigenvalue weighted by Crippen LogP contribution is 2.37. The fraction of sp³-hybridized carbons (Fsp3) is 0.594. The molecule has 0 amide bonds. The van der Waals surface area contributed by atoms with Gasteiger partial charge in [-0.15, -0.1) is 0 Å². The van der Waals surface area contributed by atoms with E-state index in [1.54, 1.807) is 29.0 Å². The van der Waals surface area contributed by atoms with Gasteiger partial charge in [-0.2, -0.15) is 0 Å². The molecule has 3 rings (SSSR count). The van der Waals surface area contributed by atoms with Crippen LogP contribution in [-0.4, -0.2) is 45.2 Å². The highest BCUT2D eigenvalue weighted by atomic mass is 35.5. The third-order valence-electron chi connectivity index (χ3n) is 7.76. The van der Waals surface area contributed by atoms with Gasteiger partial charge in [-0.3, -0.25) is 14.3 Å². The number of benzene rings is 1. The fourth-order valence-corrected chi connectivity index (χ4v) is 5.68. The highest BCUT2D eigenvalue weighted by Gasteiger charge is 2.43. The third kappa shape index (κ3) is 8.54. The number of unbranched alkanes of at least 4 members (excludes halogenated alkanes) is 8. The maximum absolute atomic E-state index is 13.1. The lowest BCUT2D eigenvalue weighted by Crippen LogP contribution is -2.45. The molecule has 0 spiro atoms. The average molecular weight is 543 g/mol. The molecule has 2 heterocycles. The zero-order valence-corrected chi connectivity index (χ0v) is 24.1. The Balaban J connectivity index is 1.44. The van der Waals surface area contributed by atoms with Crippen molar-refractivity contribution in [3.8, 4) is 0 Å². The van der Waals surface area contributed by atoms with E-state index in [4.69, 9.17) is 11.6 Å². The molecule has 1 aromatic heterocycles. The second-order valence-electron chi connectivity index (χ2n) is 10.8. The van der Waals surface area contributed by atoms with Gasteiger partial charge in [0.1, 0.15) is 0 Å². The van der Waals surface area contributed by atoms with Gasteiger partial charge in [0.2, 0.25) is 11.7 Å². The lowest BCUT2D eigenvalue weighted by atomic mass is 9.96. The summed E-state index contributed by atoms with van der Waals surface area (Å²) in [6, 6.07) is 4.85. The van der Waals surface area contributed by atoms with Crippen molar-refractivity contribution < 1.29 is 15.0 Å². The molecule has 2 aromatic rings. The van der Waals surface area contributed by atoms with Crippen molar-refractivity contribution >= 4 is 28.4 Å². The Kier molecular flexibility index (Phi) is 12.6. The summed E-state index contributed by atoms with van der Waals surface area (Å²) in [6.45, 7) is 3.05. The number of nitrogens with zero attached hydrogens (tertiary/aromatic N) is 2. The van der Waals surface area contributed by atoms with Crippen LogP contribution in [0.15, 0.2) is 48.7 Å².